The van der Waals surface area contributed by atoms with E-state index in [-0.39, 0.29) is 23.6 Å². The number of nitrogens with one attached hydrogen (secondary N) is 2. The Morgan fingerprint density at radius 3 is 2.66 bits per heavy atom. The van der Waals surface area contributed by atoms with Crippen LogP contribution >= 0.6 is 0 Å². The monoisotopic (exact) mass is 594 g/mol. The smallest absolute Gasteiger partial charge is 0.168 e. The van der Waals surface area contributed by atoms with Crippen LogP contribution in [0.3, 0.4) is 0 Å². The highest BCUT2D eigenvalue weighted by atomic mass is 19.1. The first-order valence-electron chi connectivity index (χ1n) is 14.6. The van der Waals surface area contributed by atoms with E-state index in [4.69, 9.17) is 9.47 Å². The molecular weight excluding hydrogens is 562 g/mol. The van der Waals surface area contributed by atoms with Crippen LogP contribution in [-0.4, -0.2) is 36.6 Å². The lowest BCUT2D eigenvalue weighted by Gasteiger charge is -2.30. The molecule has 1 aliphatic heterocycles. The molecule has 224 valence electrons. The summed E-state index contributed by atoms with van der Waals surface area (Å²) in [5, 5.41) is 9.53. The number of aromatic amines is 2. The van der Waals surface area contributed by atoms with Gasteiger partial charge in [-0.05, 0) is 63.4 Å². The Balaban J connectivity index is 1.37. The first-order chi connectivity index (χ1) is 21.2. The summed E-state index contributed by atoms with van der Waals surface area (Å²) < 4.78 is 45.2. The van der Waals surface area contributed by atoms with E-state index in [1.165, 1.54) is 18.2 Å². The summed E-state index contributed by atoms with van der Waals surface area (Å²) in [6, 6.07) is 17.8. The molecule has 8 nitrogen and oxygen atoms in total. The molecule has 3 aromatic carbocycles. The number of ether oxygens (including phenoxy) is 2. The molecule has 0 aliphatic carbocycles. The number of imidazole rings is 1. The predicted octanol–water partition coefficient (Wildman–Crippen LogP) is 7.62. The first-order valence-corrected chi connectivity index (χ1v) is 14.6. The van der Waals surface area contributed by atoms with Gasteiger partial charge in [0.25, 0.3) is 0 Å². The van der Waals surface area contributed by atoms with Crippen LogP contribution < -0.4 is 4.74 Å². The number of fused-ring (bicyclic) bond motifs is 10. The van der Waals surface area contributed by atoms with E-state index in [9.17, 15) is 0 Å². The van der Waals surface area contributed by atoms with E-state index in [0.717, 1.165) is 29.5 Å². The largest absolute Gasteiger partial charge is 0.454 e. The molecule has 0 radical (unpaired) electrons. The molecule has 1 atom stereocenters. The third-order valence-electron chi connectivity index (χ3n) is 8.62. The number of hydrogen-bond acceptors (Lipinski definition) is 5. The summed E-state index contributed by atoms with van der Waals surface area (Å²) >= 11 is 0. The molecule has 10 heteroatoms. The number of H-pyrrole nitrogens is 2. The quantitative estimate of drug-likeness (QED) is 0.204. The van der Waals surface area contributed by atoms with Crippen LogP contribution in [0.5, 0.6) is 11.5 Å². The van der Waals surface area contributed by atoms with E-state index >= 15 is 8.78 Å². The SMILES string of the molecule is CC1(C)OCCCC(C)(c2ccccc2)c2cnc([nH]2)-c2cc(ccc2F)Oc2c(F)cc3[nH]ccc3c2Cn2cc1nn2. The normalized spacial score (nSPS) is 18.6. The van der Waals surface area contributed by atoms with Crippen molar-refractivity contribution in [3.8, 4) is 22.9 Å². The van der Waals surface area contributed by atoms with Gasteiger partial charge >= 0.3 is 0 Å². The topological polar surface area (TPSA) is 93.6 Å². The molecule has 0 fully saturated rings. The highest BCUT2D eigenvalue weighted by molar-refractivity contribution is 5.85. The van der Waals surface area contributed by atoms with Gasteiger partial charge in [0.1, 0.15) is 28.7 Å². The zero-order valence-electron chi connectivity index (χ0n) is 24.7. The number of aromatic nitrogens is 6. The van der Waals surface area contributed by atoms with Gasteiger partial charge in [0.2, 0.25) is 0 Å². The Bertz CT molecular complexity index is 1960. The highest BCUT2D eigenvalue weighted by Gasteiger charge is 2.32. The van der Waals surface area contributed by atoms with Gasteiger partial charge in [-0.3, -0.25) is 0 Å². The summed E-state index contributed by atoms with van der Waals surface area (Å²) in [6.45, 7) is 6.74. The van der Waals surface area contributed by atoms with Gasteiger partial charge in [0.15, 0.2) is 11.6 Å². The van der Waals surface area contributed by atoms with Crippen LogP contribution in [0.4, 0.5) is 8.78 Å². The summed E-state index contributed by atoms with van der Waals surface area (Å²) in [5.41, 5.74) is 2.84. The minimum Gasteiger partial charge on any atom is -0.454 e. The Hall–Kier alpha value is -4.83. The average Bonchev–Trinajstić information content (AvgIpc) is 3.80. The van der Waals surface area contributed by atoms with Crippen LogP contribution in [0.2, 0.25) is 0 Å². The summed E-state index contributed by atoms with van der Waals surface area (Å²) in [4.78, 5) is 11.0. The molecular formula is C34H32F2N6O2. The third-order valence-corrected chi connectivity index (χ3v) is 8.62. The maximum atomic E-state index is 15.6. The van der Waals surface area contributed by atoms with E-state index in [1.807, 2.05) is 44.3 Å². The van der Waals surface area contributed by atoms with Crippen molar-refractivity contribution in [2.45, 2.75) is 51.2 Å². The maximum Gasteiger partial charge on any atom is 0.168 e. The van der Waals surface area contributed by atoms with Gasteiger partial charge in [-0.25, -0.2) is 18.4 Å². The zero-order valence-corrected chi connectivity index (χ0v) is 24.7. The predicted molar refractivity (Wildman–Crippen MR) is 163 cm³/mol. The number of nitrogens with zero attached hydrogens (tertiary/aromatic N) is 4. The van der Waals surface area contributed by atoms with E-state index in [1.54, 1.807) is 23.1 Å². The molecule has 0 saturated carbocycles. The van der Waals surface area contributed by atoms with Crippen molar-refractivity contribution in [2.24, 2.45) is 0 Å². The first kappa shape index (κ1) is 28.0. The van der Waals surface area contributed by atoms with Gasteiger partial charge in [-0.1, -0.05) is 35.5 Å². The van der Waals surface area contributed by atoms with E-state index in [2.05, 4.69) is 44.3 Å². The van der Waals surface area contributed by atoms with Gasteiger partial charge in [-0.2, -0.15) is 0 Å². The van der Waals surface area contributed by atoms with Crippen molar-refractivity contribution >= 4 is 10.9 Å². The molecule has 6 bridgehead atoms. The van der Waals surface area contributed by atoms with Crippen molar-refractivity contribution in [3.05, 3.63) is 113 Å². The number of hydrogen-bond donors (Lipinski definition) is 2. The molecule has 3 aromatic heterocycles. The molecule has 4 heterocycles. The summed E-state index contributed by atoms with van der Waals surface area (Å²) in [6.07, 6.45) is 6.81. The molecule has 7 rings (SSSR count). The molecule has 0 saturated heterocycles. The lowest BCUT2D eigenvalue weighted by molar-refractivity contribution is -0.0276. The van der Waals surface area contributed by atoms with Gasteiger partial charge in [0.05, 0.1) is 18.3 Å². The average molecular weight is 595 g/mol. The van der Waals surface area contributed by atoms with Crippen LogP contribution in [-0.2, 0) is 22.3 Å². The summed E-state index contributed by atoms with van der Waals surface area (Å²) in [7, 11) is 0. The van der Waals surface area contributed by atoms with Crippen LogP contribution in [0, 0.1) is 11.6 Å². The Morgan fingerprint density at radius 2 is 1.82 bits per heavy atom. The zero-order chi connectivity index (χ0) is 30.5. The molecule has 6 aromatic rings. The molecule has 0 spiro atoms. The summed E-state index contributed by atoms with van der Waals surface area (Å²) in [5.74, 6) is -0.381. The van der Waals surface area contributed by atoms with Gasteiger partial charge in [0, 0.05) is 52.6 Å². The maximum absolute atomic E-state index is 15.6. The third kappa shape index (κ3) is 4.94. The minimum atomic E-state index is -0.715. The number of halogens is 2. The fourth-order valence-corrected chi connectivity index (χ4v) is 5.98. The van der Waals surface area contributed by atoms with Crippen LogP contribution in [0.1, 0.15) is 56.1 Å². The molecule has 2 N–H and O–H groups in total. The van der Waals surface area contributed by atoms with E-state index < -0.39 is 22.7 Å². The van der Waals surface area contributed by atoms with E-state index in [0.29, 0.717) is 29.2 Å². The molecule has 0 amide bonds. The molecule has 1 aliphatic rings. The Labute approximate surface area is 253 Å². The van der Waals surface area contributed by atoms with Gasteiger partial charge in [-0.15, -0.1) is 5.10 Å². The molecule has 44 heavy (non-hydrogen) atoms. The van der Waals surface area contributed by atoms with Crippen molar-refractivity contribution in [1.82, 2.24) is 29.9 Å². The minimum absolute atomic E-state index is 0.0249. The second kappa shape index (κ2) is 10.7. The van der Waals surface area contributed by atoms with Crippen molar-refractivity contribution in [3.63, 3.8) is 0 Å². The highest BCUT2D eigenvalue weighted by Crippen LogP contribution is 2.39. The lowest BCUT2D eigenvalue weighted by atomic mass is 9.76. The Kier molecular flexibility index (Phi) is 6.81. The van der Waals surface area contributed by atoms with Crippen LogP contribution in [0.25, 0.3) is 22.3 Å². The van der Waals surface area contributed by atoms with Crippen molar-refractivity contribution in [2.75, 3.05) is 6.61 Å². The van der Waals surface area contributed by atoms with Crippen molar-refractivity contribution < 1.29 is 18.3 Å². The number of benzene rings is 3. The fraction of sp³-hybridized carbons (Fsp3) is 0.265. The second-order valence-corrected chi connectivity index (χ2v) is 12.0. The molecule has 1 unspecified atom stereocenters. The number of rotatable bonds is 1. The standard InChI is InChI=1S/C34H32F2N6O2/c1-33(2)30-20-42(41-40-30)19-25-23-12-14-37-28(23)17-27(36)31(25)44-22-10-11-26(35)24(16-22)32-38-18-29(39-32)34(3,13-7-15-43-33)21-8-5-4-6-9-21/h4-6,8-12,14,16-18,20,37H,7,13,15,19H2,1-3H3,(H,38,39). The van der Waals surface area contributed by atoms with Crippen molar-refractivity contribution in [1.29, 1.82) is 0 Å². The van der Waals surface area contributed by atoms with Gasteiger partial charge < -0.3 is 19.4 Å². The van der Waals surface area contributed by atoms with Crippen LogP contribution in [0.15, 0.2) is 79.3 Å². The Morgan fingerprint density at radius 1 is 0.977 bits per heavy atom. The second-order valence-electron chi connectivity index (χ2n) is 12.0. The fourth-order valence-electron chi connectivity index (χ4n) is 5.98. The lowest BCUT2D eigenvalue weighted by Crippen LogP contribution is -2.27.